The summed E-state index contributed by atoms with van der Waals surface area (Å²) in [5.74, 6) is 1.83. The van der Waals surface area contributed by atoms with Crippen LogP contribution in [-0.2, 0) is 4.79 Å². The molecule has 0 spiro atoms. The molecular formula is C23H29N5O2S. The zero-order valence-electron chi connectivity index (χ0n) is 18.5. The summed E-state index contributed by atoms with van der Waals surface area (Å²) in [5, 5.41) is 6.98. The Morgan fingerprint density at radius 3 is 2.52 bits per heavy atom. The smallest absolute Gasteiger partial charge is 0.235 e. The van der Waals surface area contributed by atoms with Gasteiger partial charge in [-0.3, -0.25) is 4.79 Å². The number of benzene rings is 2. The molecule has 1 aromatic heterocycles. The molecule has 0 aliphatic carbocycles. The van der Waals surface area contributed by atoms with E-state index >= 15 is 0 Å². The molecule has 3 aromatic rings. The summed E-state index contributed by atoms with van der Waals surface area (Å²) >= 11 is 1.42. The van der Waals surface area contributed by atoms with Gasteiger partial charge in [0.2, 0.25) is 5.89 Å². The van der Waals surface area contributed by atoms with Gasteiger partial charge in [-0.15, -0.1) is 0 Å². The second kappa shape index (κ2) is 12.7. The molecule has 0 radical (unpaired) electrons. The summed E-state index contributed by atoms with van der Waals surface area (Å²) < 4.78 is 8.08. The maximum Gasteiger partial charge on any atom is 0.235 e. The highest BCUT2D eigenvalue weighted by molar-refractivity contribution is 7.98. The number of aldehydes is 1. The van der Waals surface area contributed by atoms with Gasteiger partial charge in [0.25, 0.3) is 0 Å². The van der Waals surface area contributed by atoms with Crippen molar-refractivity contribution < 1.29 is 9.32 Å². The van der Waals surface area contributed by atoms with Crippen molar-refractivity contribution >= 4 is 29.8 Å². The van der Waals surface area contributed by atoms with Crippen molar-refractivity contribution in [2.75, 3.05) is 13.6 Å². The molecule has 164 valence electrons. The van der Waals surface area contributed by atoms with E-state index in [4.69, 9.17) is 4.52 Å². The van der Waals surface area contributed by atoms with Crippen LogP contribution in [0.1, 0.15) is 42.6 Å². The number of amidine groups is 1. The zero-order chi connectivity index (χ0) is 22.6. The van der Waals surface area contributed by atoms with Crippen LogP contribution in [0.3, 0.4) is 0 Å². The number of nitrogens with zero attached hydrogens (tertiary/aromatic N) is 3. The maximum atomic E-state index is 10.4. The molecule has 0 bridgehead atoms. The average molecular weight is 440 g/mol. The summed E-state index contributed by atoms with van der Waals surface area (Å²) in [7, 11) is 1.92. The van der Waals surface area contributed by atoms with Crippen LogP contribution in [0.25, 0.3) is 0 Å². The van der Waals surface area contributed by atoms with Gasteiger partial charge in [0.1, 0.15) is 0 Å². The number of aryl methyl sites for hydroxylation is 2. The molecule has 1 unspecified atom stereocenters. The van der Waals surface area contributed by atoms with Crippen molar-refractivity contribution in [1.29, 1.82) is 0 Å². The molecule has 0 fully saturated rings. The van der Waals surface area contributed by atoms with Gasteiger partial charge in [-0.25, -0.2) is 4.99 Å². The topological polar surface area (TPSA) is 92.4 Å². The SMILES string of the molecule is CC.CNCC(c1ccccc1)c1nc(C)no1.Cc1ccc2c(c1)SNC(C=O)=N2. The normalized spacial score (nSPS) is 12.6. The third kappa shape index (κ3) is 7.04. The van der Waals surface area contributed by atoms with E-state index in [2.05, 4.69) is 37.3 Å². The molecule has 0 saturated carbocycles. The van der Waals surface area contributed by atoms with Crippen molar-refractivity contribution in [2.24, 2.45) is 4.99 Å². The molecule has 8 heteroatoms. The number of aliphatic imine (C=N–C) groups is 1. The summed E-state index contributed by atoms with van der Waals surface area (Å²) in [6, 6.07) is 16.1. The van der Waals surface area contributed by atoms with Crippen LogP contribution in [0, 0.1) is 13.8 Å². The highest BCUT2D eigenvalue weighted by Crippen LogP contribution is 2.31. The van der Waals surface area contributed by atoms with Gasteiger partial charge < -0.3 is 14.6 Å². The first kappa shape index (κ1) is 24.3. The lowest BCUT2D eigenvalue weighted by molar-refractivity contribution is -0.102. The van der Waals surface area contributed by atoms with Crippen molar-refractivity contribution in [1.82, 2.24) is 20.2 Å². The highest BCUT2D eigenvalue weighted by Gasteiger charge is 2.19. The molecule has 2 heterocycles. The minimum atomic E-state index is 0.118. The van der Waals surface area contributed by atoms with Crippen LogP contribution >= 0.6 is 11.9 Å². The lowest BCUT2D eigenvalue weighted by Crippen LogP contribution is -2.19. The molecule has 1 aliphatic heterocycles. The summed E-state index contributed by atoms with van der Waals surface area (Å²) in [5.41, 5.74) is 3.23. The predicted octanol–water partition coefficient (Wildman–Crippen LogP) is 4.59. The van der Waals surface area contributed by atoms with E-state index in [-0.39, 0.29) is 5.92 Å². The first-order valence-corrected chi connectivity index (χ1v) is 11.0. The molecule has 2 N–H and O–H groups in total. The second-order valence-electron chi connectivity index (χ2n) is 6.49. The van der Waals surface area contributed by atoms with Gasteiger partial charge in [0, 0.05) is 6.54 Å². The van der Waals surface area contributed by atoms with Gasteiger partial charge in [-0.1, -0.05) is 55.4 Å². The summed E-state index contributed by atoms with van der Waals surface area (Å²) in [6.45, 7) is 8.64. The van der Waals surface area contributed by atoms with Gasteiger partial charge in [0.15, 0.2) is 17.9 Å². The minimum absolute atomic E-state index is 0.118. The monoisotopic (exact) mass is 439 g/mol. The molecule has 0 saturated heterocycles. The first-order valence-electron chi connectivity index (χ1n) is 10.2. The van der Waals surface area contributed by atoms with Crippen molar-refractivity contribution in [2.45, 2.75) is 38.5 Å². The van der Waals surface area contributed by atoms with Crippen LogP contribution in [0.5, 0.6) is 0 Å². The maximum absolute atomic E-state index is 10.4. The molecule has 7 nitrogen and oxygen atoms in total. The number of rotatable bonds is 5. The van der Waals surface area contributed by atoms with Gasteiger partial charge in [-0.05, 0) is 56.1 Å². The fraction of sp³-hybridized carbons (Fsp3) is 0.304. The van der Waals surface area contributed by atoms with Crippen molar-refractivity contribution in [3.63, 3.8) is 0 Å². The van der Waals surface area contributed by atoms with E-state index in [0.717, 1.165) is 23.4 Å². The molecule has 2 aromatic carbocycles. The standard InChI is InChI=1S/C12H15N3O.C9H8N2OS.C2H6/c1-9-14-12(16-15-9)11(8-13-2)10-6-4-3-5-7-10;1-6-2-3-7-8(4-6)13-11-9(5-12)10-7;1-2/h3-7,11,13H,8H2,1-2H3;2-5H,1H3,(H,10,11);1-2H3. The van der Waals surface area contributed by atoms with Crippen LogP contribution in [0.2, 0.25) is 0 Å². The Morgan fingerprint density at radius 2 is 1.90 bits per heavy atom. The second-order valence-corrected chi connectivity index (χ2v) is 7.34. The highest BCUT2D eigenvalue weighted by atomic mass is 32.2. The Labute approximate surface area is 187 Å². The summed E-state index contributed by atoms with van der Waals surface area (Å²) in [4.78, 5) is 19.9. The van der Waals surface area contributed by atoms with E-state index in [1.165, 1.54) is 23.1 Å². The average Bonchev–Trinajstić information content (AvgIpc) is 3.25. The van der Waals surface area contributed by atoms with Crippen molar-refractivity contribution in [3.8, 4) is 0 Å². The Hall–Kier alpha value is -2.97. The Bertz CT molecular complexity index is 989. The Balaban J connectivity index is 0.000000208. The van der Waals surface area contributed by atoms with Crippen molar-refractivity contribution in [3.05, 3.63) is 71.4 Å². The molecule has 4 rings (SSSR count). The number of carbonyl (C=O) groups excluding carboxylic acids is 1. The number of fused-ring (bicyclic) bond motifs is 1. The van der Waals surface area contributed by atoms with Crippen LogP contribution < -0.4 is 10.0 Å². The Morgan fingerprint density at radius 1 is 1.16 bits per heavy atom. The van der Waals surface area contributed by atoms with E-state index in [1.54, 1.807) is 0 Å². The number of carbonyl (C=O) groups is 1. The Kier molecular flexibility index (Phi) is 9.93. The number of likely N-dealkylation sites (N-methyl/N-ethyl adjacent to an activating group) is 1. The fourth-order valence-corrected chi connectivity index (χ4v) is 3.57. The third-order valence-corrected chi connectivity index (χ3v) is 5.04. The molecule has 0 amide bonds. The van der Waals surface area contributed by atoms with Crippen LogP contribution in [-0.4, -0.2) is 35.9 Å². The number of hydrogen-bond donors (Lipinski definition) is 2. The number of nitrogens with one attached hydrogen (secondary N) is 2. The van der Waals surface area contributed by atoms with E-state index in [0.29, 0.717) is 17.6 Å². The first-order chi connectivity index (χ1) is 15.1. The fourth-order valence-electron chi connectivity index (χ4n) is 2.80. The van der Waals surface area contributed by atoms with Gasteiger partial charge in [0.05, 0.1) is 16.5 Å². The third-order valence-electron chi connectivity index (χ3n) is 4.18. The quantitative estimate of drug-likeness (QED) is 0.444. The van der Waals surface area contributed by atoms with Gasteiger partial charge in [-0.2, -0.15) is 4.98 Å². The predicted molar refractivity (Wildman–Crippen MR) is 126 cm³/mol. The largest absolute Gasteiger partial charge is 0.339 e. The molecule has 1 atom stereocenters. The van der Waals surface area contributed by atoms with Crippen LogP contribution in [0.4, 0.5) is 5.69 Å². The summed E-state index contributed by atoms with van der Waals surface area (Å²) in [6.07, 6.45) is 0.718. The molecular weight excluding hydrogens is 410 g/mol. The number of hydrogen-bond acceptors (Lipinski definition) is 8. The van der Waals surface area contributed by atoms with E-state index in [9.17, 15) is 4.79 Å². The zero-order valence-corrected chi connectivity index (χ0v) is 19.4. The molecule has 31 heavy (non-hydrogen) atoms. The van der Waals surface area contributed by atoms with Gasteiger partial charge >= 0.3 is 0 Å². The lowest BCUT2D eigenvalue weighted by Gasteiger charge is -2.13. The molecule has 1 aliphatic rings. The van der Waals surface area contributed by atoms with E-state index < -0.39 is 0 Å². The minimum Gasteiger partial charge on any atom is -0.339 e. The van der Waals surface area contributed by atoms with E-state index in [1.807, 2.05) is 71.1 Å². The number of aromatic nitrogens is 2. The van der Waals surface area contributed by atoms with Crippen LogP contribution in [0.15, 0.2) is 62.9 Å². The lowest BCUT2D eigenvalue weighted by atomic mass is 9.99.